The minimum Gasteiger partial charge on any atom is -0.396 e. The van der Waals surface area contributed by atoms with Crippen LogP contribution in [0.2, 0.25) is 10.0 Å². The van der Waals surface area contributed by atoms with E-state index in [1.165, 1.54) is 0 Å². The van der Waals surface area contributed by atoms with Crippen LogP contribution in [0.4, 0.5) is 0 Å². The van der Waals surface area contributed by atoms with Crippen molar-refractivity contribution < 1.29 is 5.11 Å². The van der Waals surface area contributed by atoms with Crippen molar-refractivity contribution >= 4 is 23.2 Å². The van der Waals surface area contributed by atoms with Gasteiger partial charge >= 0.3 is 0 Å². The summed E-state index contributed by atoms with van der Waals surface area (Å²) in [6, 6.07) is 5.58. The monoisotopic (exact) mass is 247 g/mol. The van der Waals surface area contributed by atoms with Crippen LogP contribution in [0.15, 0.2) is 18.2 Å². The van der Waals surface area contributed by atoms with Gasteiger partial charge in [-0.3, -0.25) is 0 Å². The molecule has 0 fully saturated rings. The summed E-state index contributed by atoms with van der Waals surface area (Å²) in [6.45, 7) is 3.60. The van der Waals surface area contributed by atoms with Crippen LogP contribution in [-0.2, 0) is 6.54 Å². The molecule has 4 heteroatoms. The normalized spacial score (nSPS) is 12.8. The maximum atomic E-state index is 8.84. The molecule has 1 aromatic rings. The summed E-state index contributed by atoms with van der Waals surface area (Å²) in [4.78, 5) is 0. The van der Waals surface area contributed by atoms with Gasteiger partial charge in [-0.15, -0.1) is 0 Å². The molecule has 0 amide bonds. The summed E-state index contributed by atoms with van der Waals surface area (Å²) in [5.74, 6) is 0.253. The van der Waals surface area contributed by atoms with E-state index < -0.39 is 0 Å². The topological polar surface area (TPSA) is 32.3 Å². The number of hydrogen-bond donors (Lipinski definition) is 2. The zero-order valence-corrected chi connectivity index (χ0v) is 10.1. The summed E-state index contributed by atoms with van der Waals surface area (Å²) in [5.41, 5.74) is 0.981. The number of aliphatic hydroxyl groups excluding tert-OH is 1. The number of hydrogen-bond acceptors (Lipinski definition) is 2. The predicted molar refractivity (Wildman–Crippen MR) is 64.4 cm³/mol. The summed E-state index contributed by atoms with van der Waals surface area (Å²) >= 11 is 11.9. The van der Waals surface area contributed by atoms with Gasteiger partial charge in [0.2, 0.25) is 0 Å². The fourth-order valence-corrected chi connectivity index (χ4v) is 1.59. The van der Waals surface area contributed by atoms with Crippen molar-refractivity contribution in [3.63, 3.8) is 0 Å². The minimum absolute atomic E-state index is 0.191. The third-order valence-corrected chi connectivity index (χ3v) is 3.01. The average Bonchev–Trinajstić information content (AvgIpc) is 2.24. The van der Waals surface area contributed by atoms with Gasteiger partial charge in [0.25, 0.3) is 0 Å². The highest BCUT2D eigenvalue weighted by atomic mass is 35.5. The van der Waals surface area contributed by atoms with Crippen LogP contribution in [0.1, 0.15) is 12.5 Å². The van der Waals surface area contributed by atoms with Crippen molar-refractivity contribution in [3.8, 4) is 0 Å². The van der Waals surface area contributed by atoms with Gasteiger partial charge < -0.3 is 10.4 Å². The molecule has 0 heterocycles. The lowest BCUT2D eigenvalue weighted by molar-refractivity contribution is 0.233. The minimum atomic E-state index is 0.191. The van der Waals surface area contributed by atoms with Crippen LogP contribution in [0.3, 0.4) is 0 Å². The van der Waals surface area contributed by atoms with Gasteiger partial charge in [-0.25, -0.2) is 0 Å². The molecule has 0 saturated carbocycles. The first kappa shape index (κ1) is 12.8. The van der Waals surface area contributed by atoms with E-state index in [2.05, 4.69) is 5.32 Å². The molecule has 0 spiro atoms. The third kappa shape index (κ3) is 3.99. The lowest BCUT2D eigenvalue weighted by Crippen LogP contribution is -2.22. The molecule has 1 atom stereocenters. The average molecular weight is 248 g/mol. The molecule has 0 bridgehead atoms. The third-order valence-electron chi connectivity index (χ3n) is 2.15. The highest BCUT2D eigenvalue weighted by molar-refractivity contribution is 6.42. The van der Waals surface area contributed by atoms with Crippen molar-refractivity contribution in [2.24, 2.45) is 5.92 Å². The summed E-state index contributed by atoms with van der Waals surface area (Å²) in [5, 5.41) is 13.2. The molecule has 15 heavy (non-hydrogen) atoms. The first-order valence-electron chi connectivity index (χ1n) is 4.89. The number of halogens is 2. The fourth-order valence-electron chi connectivity index (χ4n) is 1.20. The molecular weight excluding hydrogens is 233 g/mol. The largest absolute Gasteiger partial charge is 0.396 e. The van der Waals surface area contributed by atoms with Gasteiger partial charge in [-0.2, -0.15) is 0 Å². The Morgan fingerprint density at radius 2 is 2.13 bits per heavy atom. The van der Waals surface area contributed by atoms with E-state index in [1.54, 1.807) is 6.07 Å². The Morgan fingerprint density at radius 3 is 2.80 bits per heavy atom. The fraction of sp³-hybridized carbons (Fsp3) is 0.455. The molecule has 0 aliphatic heterocycles. The molecule has 0 aliphatic carbocycles. The Kier molecular flexibility index (Phi) is 5.40. The van der Waals surface area contributed by atoms with E-state index in [0.29, 0.717) is 16.6 Å². The van der Waals surface area contributed by atoms with Crippen molar-refractivity contribution in [2.45, 2.75) is 13.5 Å². The Labute approximate surface area is 100 Å². The van der Waals surface area contributed by atoms with E-state index >= 15 is 0 Å². The van der Waals surface area contributed by atoms with Crippen LogP contribution < -0.4 is 5.32 Å². The van der Waals surface area contributed by atoms with Gasteiger partial charge in [0.15, 0.2) is 0 Å². The molecule has 0 radical (unpaired) electrons. The first-order valence-corrected chi connectivity index (χ1v) is 5.65. The van der Waals surface area contributed by atoms with Crippen molar-refractivity contribution in [2.75, 3.05) is 13.2 Å². The molecule has 1 aromatic carbocycles. The SMILES string of the molecule is CC(CO)CNCc1cccc(Cl)c1Cl. The lowest BCUT2D eigenvalue weighted by Gasteiger charge is -2.10. The number of nitrogens with one attached hydrogen (secondary N) is 1. The highest BCUT2D eigenvalue weighted by Gasteiger charge is 2.04. The van der Waals surface area contributed by atoms with E-state index in [9.17, 15) is 0 Å². The molecule has 2 N–H and O–H groups in total. The van der Waals surface area contributed by atoms with E-state index in [4.69, 9.17) is 28.3 Å². The molecule has 84 valence electrons. The van der Waals surface area contributed by atoms with E-state index in [1.807, 2.05) is 19.1 Å². The second kappa shape index (κ2) is 6.33. The van der Waals surface area contributed by atoms with Gasteiger partial charge in [0.1, 0.15) is 0 Å². The smallest absolute Gasteiger partial charge is 0.0637 e. The first-order chi connectivity index (χ1) is 7.15. The van der Waals surface area contributed by atoms with Crippen LogP contribution in [0.25, 0.3) is 0 Å². The van der Waals surface area contributed by atoms with Crippen molar-refractivity contribution in [1.82, 2.24) is 5.32 Å². The maximum absolute atomic E-state index is 8.84. The molecule has 0 aliphatic rings. The number of aliphatic hydroxyl groups is 1. The Balaban J connectivity index is 2.47. The number of rotatable bonds is 5. The zero-order valence-electron chi connectivity index (χ0n) is 8.63. The van der Waals surface area contributed by atoms with Crippen molar-refractivity contribution in [1.29, 1.82) is 0 Å². The second-order valence-corrected chi connectivity index (χ2v) is 4.42. The van der Waals surface area contributed by atoms with Crippen LogP contribution in [-0.4, -0.2) is 18.3 Å². The molecule has 0 aromatic heterocycles. The molecule has 2 nitrogen and oxygen atoms in total. The Hall–Kier alpha value is -0.280. The standard InChI is InChI=1S/C11H15Cl2NO/c1-8(7-15)5-14-6-9-3-2-4-10(12)11(9)13/h2-4,8,14-15H,5-7H2,1H3. The van der Waals surface area contributed by atoms with E-state index in [-0.39, 0.29) is 12.5 Å². The van der Waals surface area contributed by atoms with Gasteiger partial charge in [-0.05, 0) is 17.5 Å². The summed E-state index contributed by atoms with van der Waals surface area (Å²) in [7, 11) is 0. The van der Waals surface area contributed by atoms with E-state index in [0.717, 1.165) is 12.1 Å². The Morgan fingerprint density at radius 1 is 1.40 bits per heavy atom. The molecular formula is C11H15Cl2NO. The molecule has 0 saturated heterocycles. The summed E-state index contributed by atoms with van der Waals surface area (Å²) in [6.07, 6.45) is 0. The summed E-state index contributed by atoms with van der Waals surface area (Å²) < 4.78 is 0. The zero-order chi connectivity index (χ0) is 11.3. The predicted octanol–water partition coefficient (Wildman–Crippen LogP) is 2.71. The lowest BCUT2D eigenvalue weighted by atomic mass is 10.2. The van der Waals surface area contributed by atoms with Gasteiger partial charge in [0, 0.05) is 19.7 Å². The van der Waals surface area contributed by atoms with Crippen LogP contribution in [0, 0.1) is 5.92 Å². The molecule has 1 unspecified atom stereocenters. The van der Waals surface area contributed by atoms with Gasteiger partial charge in [0.05, 0.1) is 10.0 Å². The Bertz CT molecular complexity index is 317. The number of benzene rings is 1. The second-order valence-electron chi connectivity index (χ2n) is 3.63. The van der Waals surface area contributed by atoms with Crippen LogP contribution >= 0.6 is 23.2 Å². The van der Waals surface area contributed by atoms with Crippen LogP contribution in [0.5, 0.6) is 0 Å². The van der Waals surface area contributed by atoms with Gasteiger partial charge in [-0.1, -0.05) is 42.3 Å². The maximum Gasteiger partial charge on any atom is 0.0637 e. The quantitative estimate of drug-likeness (QED) is 0.839. The highest BCUT2D eigenvalue weighted by Crippen LogP contribution is 2.25. The molecule has 1 rings (SSSR count). The van der Waals surface area contributed by atoms with Crippen molar-refractivity contribution in [3.05, 3.63) is 33.8 Å².